The van der Waals surface area contributed by atoms with Crippen molar-refractivity contribution >= 4 is 17.7 Å². The third-order valence-corrected chi connectivity index (χ3v) is 3.88. The Hall–Kier alpha value is -1.88. The molecule has 1 atom stereocenters. The summed E-state index contributed by atoms with van der Waals surface area (Å²) < 4.78 is 32.2. The molecule has 0 spiro atoms. The standard InChI is InChI=1S/C14H8F2O2S/c15-10-7-6-9-11(12(10)16)14(18-13(9)17)19-8-4-2-1-3-5-8/h1-7,14H. The van der Waals surface area contributed by atoms with E-state index in [0.717, 1.165) is 11.0 Å². The van der Waals surface area contributed by atoms with Crippen LogP contribution in [0.3, 0.4) is 0 Å². The van der Waals surface area contributed by atoms with E-state index in [1.54, 1.807) is 0 Å². The minimum Gasteiger partial charge on any atom is -0.442 e. The van der Waals surface area contributed by atoms with Gasteiger partial charge in [-0.2, -0.15) is 0 Å². The lowest BCUT2D eigenvalue weighted by Gasteiger charge is -2.10. The fourth-order valence-electron chi connectivity index (χ4n) is 1.90. The Morgan fingerprint density at radius 3 is 2.53 bits per heavy atom. The van der Waals surface area contributed by atoms with Crippen LogP contribution in [0.2, 0.25) is 0 Å². The van der Waals surface area contributed by atoms with Gasteiger partial charge in [0.25, 0.3) is 0 Å². The molecule has 5 heteroatoms. The molecule has 0 aromatic heterocycles. The van der Waals surface area contributed by atoms with Crippen molar-refractivity contribution in [2.45, 2.75) is 10.3 Å². The Labute approximate surface area is 112 Å². The summed E-state index contributed by atoms with van der Waals surface area (Å²) in [7, 11) is 0. The van der Waals surface area contributed by atoms with Crippen LogP contribution in [0.25, 0.3) is 0 Å². The number of esters is 1. The molecule has 2 aromatic carbocycles. The van der Waals surface area contributed by atoms with Gasteiger partial charge in [-0.05, 0) is 24.3 Å². The van der Waals surface area contributed by atoms with Crippen molar-refractivity contribution in [2.75, 3.05) is 0 Å². The van der Waals surface area contributed by atoms with Crippen molar-refractivity contribution in [3.05, 3.63) is 65.2 Å². The Kier molecular flexibility index (Phi) is 2.98. The second-order valence-electron chi connectivity index (χ2n) is 3.99. The molecule has 1 aliphatic rings. The molecular weight excluding hydrogens is 270 g/mol. The number of rotatable bonds is 2. The maximum Gasteiger partial charge on any atom is 0.340 e. The number of thioether (sulfide) groups is 1. The first-order chi connectivity index (χ1) is 9.16. The molecule has 0 aliphatic carbocycles. The molecule has 1 heterocycles. The van der Waals surface area contributed by atoms with Crippen molar-refractivity contribution in [1.82, 2.24) is 0 Å². The maximum absolute atomic E-state index is 13.8. The number of carbonyl (C=O) groups is 1. The van der Waals surface area contributed by atoms with Crippen LogP contribution in [-0.4, -0.2) is 5.97 Å². The van der Waals surface area contributed by atoms with E-state index in [2.05, 4.69) is 0 Å². The van der Waals surface area contributed by atoms with E-state index < -0.39 is 23.0 Å². The molecule has 1 aliphatic heterocycles. The molecule has 1 unspecified atom stereocenters. The summed E-state index contributed by atoms with van der Waals surface area (Å²) in [6.45, 7) is 0. The highest BCUT2D eigenvalue weighted by Gasteiger charge is 2.35. The number of cyclic esters (lactones) is 1. The molecule has 0 saturated carbocycles. The molecule has 0 radical (unpaired) electrons. The Morgan fingerprint density at radius 2 is 1.79 bits per heavy atom. The van der Waals surface area contributed by atoms with E-state index in [9.17, 15) is 13.6 Å². The number of fused-ring (bicyclic) bond motifs is 1. The van der Waals surface area contributed by atoms with Gasteiger partial charge in [-0.25, -0.2) is 13.6 Å². The quantitative estimate of drug-likeness (QED) is 0.779. The SMILES string of the molecule is O=C1OC(Sc2ccccc2)c2c1ccc(F)c2F. The maximum atomic E-state index is 13.8. The molecule has 2 aromatic rings. The van der Waals surface area contributed by atoms with Crippen LogP contribution < -0.4 is 0 Å². The lowest BCUT2D eigenvalue weighted by atomic mass is 10.1. The fourth-order valence-corrected chi connectivity index (χ4v) is 2.95. The van der Waals surface area contributed by atoms with Crippen LogP contribution >= 0.6 is 11.8 Å². The number of halogens is 2. The number of ether oxygens (including phenoxy) is 1. The van der Waals surface area contributed by atoms with Gasteiger partial charge in [0.15, 0.2) is 17.1 Å². The van der Waals surface area contributed by atoms with Crippen LogP contribution in [0.1, 0.15) is 21.4 Å². The van der Waals surface area contributed by atoms with Crippen molar-refractivity contribution < 1.29 is 18.3 Å². The van der Waals surface area contributed by atoms with Crippen LogP contribution in [0.15, 0.2) is 47.4 Å². The van der Waals surface area contributed by atoms with Crippen LogP contribution in [0.5, 0.6) is 0 Å². The molecule has 0 fully saturated rings. The van der Waals surface area contributed by atoms with Crippen LogP contribution in [-0.2, 0) is 4.74 Å². The van der Waals surface area contributed by atoms with Crippen molar-refractivity contribution in [2.24, 2.45) is 0 Å². The average molecular weight is 278 g/mol. The first-order valence-corrected chi connectivity index (χ1v) is 6.45. The highest BCUT2D eigenvalue weighted by molar-refractivity contribution is 7.99. The summed E-state index contributed by atoms with van der Waals surface area (Å²) in [5.74, 6) is -2.62. The molecule has 3 rings (SSSR count). The lowest BCUT2D eigenvalue weighted by molar-refractivity contribution is 0.0520. The third-order valence-electron chi connectivity index (χ3n) is 2.79. The average Bonchev–Trinajstić information content (AvgIpc) is 2.72. The monoisotopic (exact) mass is 278 g/mol. The molecule has 0 bridgehead atoms. The summed E-state index contributed by atoms with van der Waals surface area (Å²) in [6, 6.07) is 11.3. The summed E-state index contributed by atoms with van der Waals surface area (Å²) in [5, 5.41) is 0. The number of hydrogen-bond acceptors (Lipinski definition) is 3. The largest absolute Gasteiger partial charge is 0.442 e. The fraction of sp³-hybridized carbons (Fsp3) is 0.0714. The summed E-state index contributed by atoms with van der Waals surface area (Å²) in [4.78, 5) is 12.4. The second kappa shape index (κ2) is 4.66. The molecule has 19 heavy (non-hydrogen) atoms. The summed E-state index contributed by atoms with van der Waals surface area (Å²) in [5.41, 5.74) is -0.771. The molecule has 0 saturated heterocycles. The Balaban J connectivity index is 2.00. The second-order valence-corrected chi connectivity index (χ2v) is 5.13. The minimum atomic E-state index is -1.02. The third kappa shape index (κ3) is 2.10. The van der Waals surface area contributed by atoms with E-state index >= 15 is 0 Å². The van der Waals surface area contributed by atoms with Gasteiger partial charge in [0.2, 0.25) is 0 Å². The van der Waals surface area contributed by atoms with Gasteiger partial charge in [-0.15, -0.1) is 0 Å². The highest BCUT2D eigenvalue weighted by atomic mass is 32.2. The summed E-state index contributed by atoms with van der Waals surface area (Å²) in [6.07, 6.45) is 0. The number of carbonyl (C=O) groups excluding carboxylic acids is 1. The van der Waals surface area contributed by atoms with E-state index in [0.29, 0.717) is 0 Å². The zero-order chi connectivity index (χ0) is 13.4. The van der Waals surface area contributed by atoms with E-state index in [1.165, 1.54) is 17.8 Å². The topological polar surface area (TPSA) is 26.3 Å². The van der Waals surface area contributed by atoms with Gasteiger partial charge in [0.05, 0.1) is 11.1 Å². The first-order valence-electron chi connectivity index (χ1n) is 5.57. The van der Waals surface area contributed by atoms with E-state index in [-0.39, 0.29) is 11.1 Å². The molecule has 2 nitrogen and oxygen atoms in total. The van der Waals surface area contributed by atoms with Gasteiger partial charge in [-0.3, -0.25) is 0 Å². The minimum absolute atomic E-state index is 0.0150. The smallest absolute Gasteiger partial charge is 0.340 e. The molecule has 0 N–H and O–H groups in total. The summed E-state index contributed by atoms with van der Waals surface area (Å²) >= 11 is 1.17. The normalized spacial score (nSPS) is 17.2. The van der Waals surface area contributed by atoms with Gasteiger partial charge in [-0.1, -0.05) is 30.0 Å². The molecule has 0 amide bonds. The van der Waals surface area contributed by atoms with E-state index in [1.807, 2.05) is 30.3 Å². The highest BCUT2D eigenvalue weighted by Crippen LogP contribution is 2.44. The van der Waals surface area contributed by atoms with Crippen LogP contribution in [0, 0.1) is 11.6 Å². The van der Waals surface area contributed by atoms with Gasteiger partial charge >= 0.3 is 5.97 Å². The zero-order valence-corrected chi connectivity index (χ0v) is 10.4. The molecular formula is C14H8F2O2S. The predicted molar refractivity (Wildman–Crippen MR) is 66.8 cm³/mol. The lowest BCUT2D eigenvalue weighted by Crippen LogP contribution is -1.97. The van der Waals surface area contributed by atoms with Crippen molar-refractivity contribution in [3.63, 3.8) is 0 Å². The van der Waals surface area contributed by atoms with Crippen molar-refractivity contribution in [3.8, 4) is 0 Å². The first kappa shape index (κ1) is 12.2. The predicted octanol–water partition coefficient (Wildman–Crippen LogP) is 3.93. The Bertz CT molecular complexity index is 643. The van der Waals surface area contributed by atoms with Gasteiger partial charge < -0.3 is 4.74 Å². The number of hydrogen-bond donors (Lipinski definition) is 0. The molecule has 96 valence electrons. The van der Waals surface area contributed by atoms with Crippen molar-refractivity contribution in [1.29, 1.82) is 0 Å². The van der Waals surface area contributed by atoms with Gasteiger partial charge in [0, 0.05) is 4.90 Å². The van der Waals surface area contributed by atoms with E-state index in [4.69, 9.17) is 4.74 Å². The van der Waals surface area contributed by atoms with Crippen LogP contribution in [0.4, 0.5) is 8.78 Å². The Morgan fingerprint density at radius 1 is 1.05 bits per heavy atom. The number of benzene rings is 2. The van der Waals surface area contributed by atoms with Gasteiger partial charge in [0.1, 0.15) is 0 Å². The zero-order valence-electron chi connectivity index (χ0n) is 9.60.